The van der Waals surface area contributed by atoms with Crippen LogP contribution in [0.25, 0.3) is 0 Å². The molecule has 0 aliphatic rings. The van der Waals surface area contributed by atoms with Gasteiger partial charge in [-0.2, -0.15) is 0 Å². The normalized spacial score (nSPS) is 9.85. The van der Waals surface area contributed by atoms with Crippen molar-refractivity contribution in [1.29, 1.82) is 0 Å². The zero-order valence-electron chi connectivity index (χ0n) is 6.87. The predicted octanol–water partition coefficient (Wildman–Crippen LogP) is 0.400. The zero-order chi connectivity index (χ0) is 9.72. The van der Waals surface area contributed by atoms with Crippen molar-refractivity contribution in [2.45, 2.75) is 13.8 Å². The molecule has 0 aliphatic heterocycles. The van der Waals surface area contributed by atoms with Crippen LogP contribution in [0.3, 0.4) is 0 Å². The Morgan fingerprint density at radius 1 is 1.08 bits per heavy atom. The number of carbonyl (C=O) groups is 2. The van der Waals surface area contributed by atoms with E-state index in [1.807, 2.05) is 0 Å². The predicted molar refractivity (Wildman–Crippen MR) is 49.9 cm³/mol. The molecule has 0 radical (unpaired) electrons. The molecule has 0 amide bonds. The van der Waals surface area contributed by atoms with E-state index in [1.54, 1.807) is 13.8 Å². The second-order valence-electron chi connectivity index (χ2n) is 2.46. The summed E-state index contributed by atoms with van der Waals surface area (Å²) in [7, 11) is 0. The number of hydrogen-bond acceptors (Lipinski definition) is 2. The molecule has 0 aromatic carbocycles. The van der Waals surface area contributed by atoms with Crippen LogP contribution in [-0.4, -0.2) is 51.7 Å². The summed E-state index contributed by atoms with van der Waals surface area (Å²) in [6, 6.07) is 0. The van der Waals surface area contributed by atoms with Crippen molar-refractivity contribution in [2.24, 2.45) is 0 Å². The van der Waals surface area contributed by atoms with Crippen LogP contribution in [-0.2, 0) is 9.59 Å². The molecule has 0 aliphatic carbocycles. The van der Waals surface area contributed by atoms with Crippen LogP contribution in [0.4, 0.5) is 0 Å². The average molecular weight is 194 g/mol. The molecule has 0 aromatic rings. The van der Waals surface area contributed by atoms with Crippen LogP contribution in [0.5, 0.6) is 0 Å². The molecular weight excluding hydrogens is 183 g/mol. The van der Waals surface area contributed by atoms with Crippen molar-refractivity contribution in [3.05, 3.63) is 23.3 Å². The molecule has 0 saturated heterocycles. The Balaban J connectivity index is 0. The van der Waals surface area contributed by atoms with Gasteiger partial charge in [-0.05, 0) is 19.9 Å². The summed E-state index contributed by atoms with van der Waals surface area (Å²) in [4.78, 5) is 20.5. The topological polar surface area (TPSA) is 74.6 Å². The van der Waals surface area contributed by atoms with Crippen LogP contribution < -0.4 is 0 Å². The maximum atomic E-state index is 10.4. The van der Waals surface area contributed by atoms with Gasteiger partial charge in [0.2, 0.25) is 0 Å². The van der Waals surface area contributed by atoms with E-state index in [1.165, 1.54) is 6.08 Å². The third kappa shape index (κ3) is 7.77. The minimum absolute atomic E-state index is 0. The fraction of sp³-hybridized carbons (Fsp3) is 0.250. The van der Waals surface area contributed by atoms with Gasteiger partial charge in [0, 0.05) is 6.08 Å². The van der Waals surface area contributed by atoms with E-state index in [0.29, 0.717) is 6.08 Å². The molecule has 0 spiro atoms. The number of hydrogen-bond donors (Lipinski definition) is 2. The molecule has 13 heavy (non-hydrogen) atoms. The van der Waals surface area contributed by atoms with Gasteiger partial charge in [0.1, 0.15) is 0 Å². The van der Waals surface area contributed by atoms with Gasteiger partial charge in [0.05, 0.1) is 5.57 Å². The van der Waals surface area contributed by atoms with Gasteiger partial charge >= 0.3 is 41.5 Å². The summed E-state index contributed by atoms with van der Waals surface area (Å²) in [5, 5.41) is 16.8. The first-order chi connectivity index (χ1) is 5.43. The van der Waals surface area contributed by atoms with Crippen molar-refractivity contribution in [2.75, 3.05) is 0 Å². The van der Waals surface area contributed by atoms with Crippen LogP contribution in [0, 0.1) is 0 Å². The Kier molecular flexibility index (Phi) is 7.90. The van der Waals surface area contributed by atoms with Crippen molar-refractivity contribution in [1.82, 2.24) is 0 Å². The number of aliphatic carboxylic acids is 2. The Labute approximate surface area is 98.2 Å². The van der Waals surface area contributed by atoms with Gasteiger partial charge in [-0.25, -0.2) is 9.59 Å². The molecule has 5 heteroatoms. The molecule has 2 N–H and O–H groups in total. The van der Waals surface area contributed by atoms with Gasteiger partial charge in [-0.15, -0.1) is 0 Å². The molecule has 0 heterocycles. The molecule has 68 valence electrons. The summed E-state index contributed by atoms with van der Waals surface area (Å²) in [6.07, 6.45) is 1.96. The Bertz CT molecular complexity index is 261. The van der Waals surface area contributed by atoms with E-state index in [4.69, 9.17) is 10.2 Å². The molecule has 0 bridgehead atoms. The number of carboxylic acids is 2. The van der Waals surface area contributed by atoms with Crippen molar-refractivity contribution < 1.29 is 19.8 Å². The van der Waals surface area contributed by atoms with E-state index < -0.39 is 11.9 Å². The first-order valence-electron chi connectivity index (χ1n) is 3.26. The number of rotatable bonds is 3. The second-order valence-corrected chi connectivity index (χ2v) is 2.46. The molecule has 0 rings (SSSR count). The zero-order valence-corrected chi connectivity index (χ0v) is 6.87. The summed E-state index contributed by atoms with van der Waals surface area (Å²) >= 11 is 0. The van der Waals surface area contributed by atoms with E-state index in [9.17, 15) is 9.59 Å². The summed E-state index contributed by atoms with van der Waals surface area (Å²) in [5.74, 6) is -2.50. The van der Waals surface area contributed by atoms with E-state index in [0.717, 1.165) is 5.57 Å². The van der Waals surface area contributed by atoms with Crippen molar-refractivity contribution >= 4 is 41.5 Å². The molecule has 0 fully saturated rings. The second kappa shape index (κ2) is 6.88. The third-order valence-corrected chi connectivity index (χ3v) is 0.970. The Morgan fingerprint density at radius 2 is 1.54 bits per heavy atom. The molecule has 0 atom stereocenters. The molecule has 0 saturated carbocycles. The molecule has 0 unspecified atom stereocenters. The van der Waals surface area contributed by atoms with Gasteiger partial charge < -0.3 is 10.2 Å². The fourth-order valence-electron chi connectivity index (χ4n) is 0.609. The van der Waals surface area contributed by atoms with Gasteiger partial charge in [-0.1, -0.05) is 5.57 Å². The van der Waals surface area contributed by atoms with Crippen LogP contribution in [0.1, 0.15) is 13.8 Å². The van der Waals surface area contributed by atoms with Crippen molar-refractivity contribution in [3.63, 3.8) is 0 Å². The van der Waals surface area contributed by atoms with E-state index >= 15 is 0 Å². The Morgan fingerprint density at radius 3 is 1.77 bits per heavy atom. The van der Waals surface area contributed by atoms with Crippen LogP contribution >= 0.6 is 0 Å². The fourth-order valence-corrected chi connectivity index (χ4v) is 0.609. The number of allylic oxidation sites excluding steroid dienone is 1. The average Bonchev–Trinajstić information content (AvgIpc) is 1.83. The summed E-state index contributed by atoms with van der Waals surface area (Å²) in [6.45, 7) is 3.39. The summed E-state index contributed by atoms with van der Waals surface area (Å²) in [5.41, 5.74) is 0.521. The maximum absolute atomic E-state index is 10.4. The molecule has 4 nitrogen and oxygen atoms in total. The quantitative estimate of drug-likeness (QED) is 0.387. The molecular formula is C8H11NaO4. The standard InChI is InChI=1S/C8H10O4.Na.H/c1-5(2)3-6(8(11)12)4-7(9)10;;/h3-4H,1-2H3,(H,9,10)(H,11,12);;/b6-4-;;. The molecule has 0 aromatic heterocycles. The minimum atomic E-state index is -1.26. The first kappa shape index (κ1) is 14.9. The van der Waals surface area contributed by atoms with E-state index in [2.05, 4.69) is 0 Å². The third-order valence-electron chi connectivity index (χ3n) is 0.970. The van der Waals surface area contributed by atoms with Crippen LogP contribution in [0.2, 0.25) is 0 Å². The van der Waals surface area contributed by atoms with Gasteiger partial charge in [-0.3, -0.25) is 0 Å². The van der Waals surface area contributed by atoms with Crippen LogP contribution in [0.15, 0.2) is 23.3 Å². The number of carboxylic acid groups (broad SMARTS) is 2. The van der Waals surface area contributed by atoms with E-state index in [-0.39, 0.29) is 35.1 Å². The first-order valence-corrected chi connectivity index (χ1v) is 3.26. The van der Waals surface area contributed by atoms with Gasteiger partial charge in [0.15, 0.2) is 0 Å². The van der Waals surface area contributed by atoms with Crippen molar-refractivity contribution in [3.8, 4) is 0 Å². The Hall–Kier alpha value is -0.580. The van der Waals surface area contributed by atoms with Gasteiger partial charge in [0.25, 0.3) is 0 Å². The summed E-state index contributed by atoms with van der Waals surface area (Å²) < 4.78 is 0. The monoisotopic (exact) mass is 194 g/mol. The SMILES string of the molecule is CC(C)=C/C(=C/C(=O)O)C(=O)O.[NaH].